The molecule has 0 aliphatic carbocycles. The molecule has 1 N–H and O–H groups in total. The van der Waals surface area contributed by atoms with Crippen molar-refractivity contribution in [3.63, 3.8) is 0 Å². The molecule has 1 aromatic carbocycles. The molecule has 1 spiro atoms. The van der Waals surface area contributed by atoms with Crippen molar-refractivity contribution in [2.24, 2.45) is 0 Å². The Kier molecular flexibility index (Phi) is 4.34. The van der Waals surface area contributed by atoms with Crippen LogP contribution in [0.25, 0.3) is 0 Å². The highest BCUT2D eigenvalue weighted by Gasteiger charge is 2.40. The number of nitrogens with one attached hydrogen (secondary N) is 1. The van der Waals surface area contributed by atoms with Crippen LogP contribution in [-0.2, 0) is 15.9 Å². The predicted octanol–water partition coefficient (Wildman–Crippen LogP) is 2.30. The van der Waals surface area contributed by atoms with E-state index in [1.807, 2.05) is 12.1 Å². The van der Waals surface area contributed by atoms with E-state index in [0.717, 1.165) is 57.6 Å². The van der Waals surface area contributed by atoms with E-state index in [-0.39, 0.29) is 11.4 Å². The summed E-state index contributed by atoms with van der Waals surface area (Å²) in [7, 11) is 0. The molecule has 20 heavy (non-hydrogen) atoms. The van der Waals surface area contributed by atoms with Gasteiger partial charge < -0.3 is 14.8 Å². The summed E-state index contributed by atoms with van der Waals surface area (Å²) in [5.41, 5.74) is 0.722. The molecule has 0 saturated carbocycles. The lowest BCUT2D eigenvalue weighted by molar-refractivity contribution is -0.0891. The number of ether oxygens (including phenoxy) is 2. The standard InChI is InChI=1S/C16H22FNO2/c17-15-4-2-1-3-13(15)5-8-18-14-6-9-20-16(11-14)7-10-19-12-16/h1-4,14,18H,5-12H2. The van der Waals surface area contributed by atoms with Crippen molar-refractivity contribution in [1.29, 1.82) is 0 Å². The van der Waals surface area contributed by atoms with Gasteiger partial charge in [-0.05, 0) is 37.4 Å². The van der Waals surface area contributed by atoms with E-state index in [1.165, 1.54) is 6.07 Å². The van der Waals surface area contributed by atoms with Crippen LogP contribution in [0.3, 0.4) is 0 Å². The Hall–Kier alpha value is -0.970. The van der Waals surface area contributed by atoms with Gasteiger partial charge in [0, 0.05) is 25.7 Å². The summed E-state index contributed by atoms with van der Waals surface area (Å²) in [6.07, 6.45) is 3.76. The number of hydrogen-bond acceptors (Lipinski definition) is 3. The van der Waals surface area contributed by atoms with Crippen LogP contribution >= 0.6 is 0 Å². The van der Waals surface area contributed by atoms with E-state index in [1.54, 1.807) is 6.07 Å². The highest BCUT2D eigenvalue weighted by atomic mass is 19.1. The van der Waals surface area contributed by atoms with Gasteiger partial charge in [-0.1, -0.05) is 18.2 Å². The third kappa shape index (κ3) is 3.19. The molecule has 2 heterocycles. The first-order valence-corrected chi connectivity index (χ1v) is 7.46. The molecular formula is C16H22FNO2. The van der Waals surface area contributed by atoms with Crippen LogP contribution in [0.2, 0.25) is 0 Å². The van der Waals surface area contributed by atoms with Crippen molar-refractivity contribution in [3.05, 3.63) is 35.6 Å². The summed E-state index contributed by atoms with van der Waals surface area (Å²) in [4.78, 5) is 0. The van der Waals surface area contributed by atoms with Gasteiger partial charge in [0.05, 0.1) is 12.2 Å². The number of hydrogen-bond donors (Lipinski definition) is 1. The fourth-order valence-electron chi connectivity index (χ4n) is 3.18. The fraction of sp³-hybridized carbons (Fsp3) is 0.625. The van der Waals surface area contributed by atoms with Crippen molar-refractivity contribution in [2.45, 2.75) is 37.3 Å². The second kappa shape index (κ2) is 6.20. The first-order chi connectivity index (χ1) is 9.77. The van der Waals surface area contributed by atoms with Crippen LogP contribution < -0.4 is 5.32 Å². The molecular weight excluding hydrogens is 257 g/mol. The van der Waals surface area contributed by atoms with Crippen LogP contribution in [-0.4, -0.2) is 38.0 Å². The number of rotatable bonds is 4. The second-order valence-electron chi connectivity index (χ2n) is 5.82. The molecule has 2 saturated heterocycles. The van der Waals surface area contributed by atoms with E-state index in [9.17, 15) is 4.39 Å². The van der Waals surface area contributed by atoms with Crippen molar-refractivity contribution in [3.8, 4) is 0 Å². The highest BCUT2D eigenvalue weighted by Crippen LogP contribution is 2.32. The molecule has 4 heteroatoms. The maximum atomic E-state index is 13.5. The Morgan fingerprint density at radius 2 is 2.20 bits per heavy atom. The normalized spacial score (nSPS) is 29.9. The zero-order valence-electron chi connectivity index (χ0n) is 11.7. The van der Waals surface area contributed by atoms with Gasteiger partial charge in [-0.25, -0.2) is 4.39 Å². The van der Waals surface area contributed by atoms with Crippen molar-refractivity contribution >= 4 is 0 Å². The summed E-state index contributed by atoms with van der Waals surface area (Å²) in [6, 6.07) is 7.45. The van der Waals surface area contributed by atoms with Crippen molar-refractivity contribution in [2.75, 3.05) is 26.4 Å². The highest BCUT2D eigenvalue weighted by molar-refractivity contribution is 5.17. The summed E-state index contributed by atoms with van der Waals surface area (Å²) in [6.45, 7) is 3.13. The molecule has 0 aromatic heterocycles. The van der Waals surface area contributed by atoms with E-state index < -0.39 is 0 Å². The Morgan fingerprint density at radius 1 is 1.30 bits per heavy atom. The summed E-state index contributed by atoms with van der Waals surface area (Å²) >= 11 is 0. The SMILES string of the molecule is Fc1ccccc1CCNC1CCOC2(CCOC2)C1. The molecule has 1 aromatic rings. The third-order valence-electron chi connectivity index (χ3n) is 4.35. The van der Waals surface area contributed by atoms with Gasteiger partial charge in [-0.2, -0.15) is 0 Å². The Labute approximate surface area is 119 Å². The molecule has 2 aliphatic heterocycles. The zero-order valence-corrected chi connectivity index (χ0v) is 11.7. The number of benzene rings is 1. The van der Waals surface area contributed by atoms with Crippen molar-refractivity contribution in [1.82, 2.24) is 5.32 Å². The first kappa shape index (κ1) is 14.0. The van der Waals surface area contributed by atoms with Gasteiger partial charge in [0.15, 0.2) is 0 Å². The van der Waals surface area contributed by atoms with E-state index >= 15 is 0 Å². The quantitative estimate of drug-likeness (QED) is 0.917. The minimum absolute atomic E-state index is 0.0616. The average Bonchev–Trinajstić information content (AvgIpc) is 2.89. The Balaban J connectivity index is 1.48. The molecule has 110 valence electrons. The minimum Gasteiger partial charge on any atom is -0.378 e. The van der Waals surface area contributed by atoms with Crippen LogP contribution in [0, 0.1) is 5.82 Å². The van der Waals surface area contributed by atoms with E-state index in [4.69, 9.17) is 9.47 Å². The lowest BCUT2D eigenvalue weighted by Crippen LogP contribution is -2.47. The van der Waals surface area contributed by atoms with Gasteiger partial charge in [-0.3, -0.25) is 0 Å². The molecule has 3 rings (SSSR count). The van der Waals surface area contributed by atoms with Crippen LogP contribution in [0.15, 0.2) is 24.3 Å². The predicted molar refractivity (Wildman–Crippen MR) is 75.2 cm³/mol. The lowest BCUT2D eigenvalue weighted by atomic mass is 9.89. The van der Waals surface area contributed by atoms with Gasteiger partial charge in [-0.15, -0.1) is 0 Å². The first-order valence-electron chi connectivity index (χ1n) is 7.46. The molecule has 0 radical (unpaired) electrons. The summed E-state index contributed by atoms with van der Waals surface area (Å²) in [5, 5.41) is 3.55. The van der Waals surface area contributed by atoms with Gasteiger partial charge >= 0.3 is 0 Å². The molecule has 2 fully saturated rings. The minimum atomic E-state index is -0.109. The topological polar surface area (TPSA) is 30.5 Å². The second-order valence-corrected chi connectivity index (χ2v) is 5.82. The fourth-order valence-corrected chi connectivity index (χ4v) is 3.18. The largest absolute Gasteiger partial charge is 0.378 e. The maximum Gasteiger partial charge on any atom is 0.126 e. The molecule has 3 nitrogen and oxygen atoms in total. The molecule has 2 atom stereocenters. The van der Waals surface area contributed by atoms with Crippen LogP contribution in [0.4, 0.5) is 4.39 Å². The van der Waals surface area contributed by atoms with Crippen molar-refractivity contribution < 1.29 is 13.9 Å². The zero-order chi connectivity index (χ0) is 13.8. The number of halogens is 1. The Bertz CT molecular complexity index is 446. The lowest BCUT2D eigenvalue weighted by Gasteiger charge is -2.37. The van der Waals surface area contributed by atoms with E-state index in [2.05, 4.69) is 5.32 Å². The van der Waals surface area contributed by atoms with Gasteiger partial charge in [0.2, 0.25) is 0 Å². The van der Waals surface area contributed by atoms with E-state index in [0.29, 0.717) is 6.04 Å². The average molecular weight is 279 g/mol. The molecule has 2 aliphatic rings. The van der Waals surface area contributed by atoms with Crippen LogP contribution in [0.5, 0.6) is 0 Å². The van der Waals surface area contributed by atoms with Gasteiger partial charge in [0.1, 0.15) is 5.82 Å². The summed E-state index contributed by atoms with van der Waals surface area (Å²) in [5.74, 6) is -0.109. The van der Waals surface area contributed by atoms with Crippen LogP contribution in [0.1, 0.15) is 24.8 Å². The molecule has 0 amide bonds. The Morgan fingerprint density at radius 3 is 3.00 bits per heavy atom. The third-order valence-corrected chi connectivity index (χ3v) is 4.35. The monoisotopic (exact) mass is 279 g/mol. The summed E-state index contributed by atoms with van der Waals surface area (Å²) < 4.78 is 24.9. The molecule has 2 unspecified atom stereocenters. The maximum absolute atomic E-state index is 13.5. The molecule has 0 bridgehead atoms. The smallest absolute Gasteiger partial charge is 0.126 e. The van der Waals surface area contributed by atoms with Gasteiger partial charge in [0.25, 0.3) is 0 Å².